The van der Waals surface area contributed by atoms with Crippen LogP contribution >= 0.6 is 0 Å². The Morgan fingerprint density at radius 1 is 0.889 bits per heavy atom. The summed E-state index contributed by atoms with van der Waals surface area (Å²) in [6.45, 7) is 11.4. The molecule has 102 valence electrons. The number of anilines is 2. The van der Waals surface area contributed by atoms with Gasteiger partial charge in [-0.25, -0.2) is 0 Å². The molecule has 0 atom stereocenters. The van der Waals surface area contributed by atoms with Gasteiger partial charge in [-0.2, -0.15) is 0 Å². The molecule has 0 radical (unpaired) electrons. The van der Waals surface area contributed by atoms with Crippen LogP contribution in [0.3, 0.4) is 0 Å². The fourth-order valence-corrected chi connectivity index (χ4v) is 1.88. The lowest BCUT2D eigenvalue weighted by atomic mass is 10.1. The molecule has 0 aliphatic rings. The van der Waals surface area contributed by atoms with Gasteiger partial charge in [0.25, 0.3) is 0 Å². The zero-order chi connectivity index (χ0) is 13.5. The zero-order valence-electron chi connectivity index (χ0n) is 12.3. The summed E-state index contributed by atoms with van der Waals surface area (Å²) in [6, 6.07) is 8.26. The van der Waals surface area contributed by atoms with E-state index in [1.165, 1.54) is 18.5 Å². The monoisotopic (exact) mass is 248 g/mol. The Balaban J connectivity index is 2.66. The lowest BCUT2D eigenvalue weighted by Gasteiger charge is -2.26. The molecule has 0 bridgehead atoms. The van der Waals surface area contributed by atoms with Crippen molar-refractivity contribution < 1.29 is 0 Å². The van der Waals surface area contributed by atoms with E-state index < -0.39 is 0 Å². The largest absolute Gasteiger partial charge is 0.399 e. The fourth-order valence-electron chi connectivity index (χ4n) is 1.88. The average Bonchev–Trinajstić information content (AvgIpc) is 2.30. The summed E-state index contributed by atoms with van der Waals surface area (Å²) in [7, 11) is 0. The third-order valence-electron chi connectivity index (χ3n) is 3.21. The Labute approximate surface area is 112 Å². The molecule has 0 heterocycles. The van der Waals surface area contributed by atoms with Crippen molar-refractivity contribution in [1.82, 2.24) is 0 Å². The molecule has 18 heavy (non-hydrogen) atoms. The normalized spacial score (nSPS) is 11.2. The maximum absolute atomic E-state index is 5.75. The summed E-state index contributed by atoms with van der Waals surface area (Å²) in [4.78, 5) is 2.49. The number of nitrogens with two attached hydrogens (primary N) is 1. The first kappa shape index (κ1) is 14.9. The van der Waals surface area contributed by atoms with Crippen LogP contribution in [0.5, 0.6) is 0 Å². The second kappa shape index (κ2) is 7.30. The van der Waals surface area contributed by atoms with Crippen LogP contribution in [0.15, 0.2) is 24.3 Å². The zero-order valence-corrected chi connectivity index (χ0v) is 12.3. The van der Waals surface area contributed by atoms with Crippen molar-refractivity contribution in [2.75, 3.05) is 23.7 Å². The van der Waals surface area contributed by atoms with Crippen LogP contribution in [-0.4, -0.2) is 13.1 Å². The Kier molecular flexibility index (Phi) is 6.03. The lowest BCUT2D eigenvalue weighted by Crippen LogP contribution is -2.27. The van der Waals surface area contributed by atoms with E-state index in [0.717, 1.165) is 30.6 Å². The van der Waals surface area contributed by atoms with Crippen molar-refractivity contribution >= 4 is 11.4 Å². The van der Waals surface area contributed by atoms with Crippen molar-refractivity contribution in [2.45, 2.75) is 40.5 Å². The van der Waals surface area contributed by atoms with Crippen LogP contribution in [0, 0.1) is 11.8 Å². The molecular weight excluding hydrogens is 220 g/mol. The topological polar surface area (TPSA) is 29.3 Å². The molecule has 1 rings (SSSR count). The Hall–Kier alpha value is -1.18. The molecule has 2 N–H and O–H groups in total. The quantitative estimate of drug-likeness (QED) is 0.734. The van der Waals surface area contributed by atoms with Crippen molar-refractivity contribution in [3.8, 4) is 0 Å². The fraction of sp³-hybridized carbons (Fsp3) is 0.625. The average molecular weight is 248 g/mol. The minimum Gasteiger partial charge on any atom is -0.399 e. The highest BCUT2D eigenvalue weighted by Gasteiger charge is 2.08. The second-order valence-electron chi connectivity index (χ2n) is 5.94. The van der Waals surface area contributed by atoms with Gasteiger partial charge in [0.1, 0.15) is 0 Å². The molecule has 0 saturated heterocycles. The molecule has 0 aliphatic carbocycles. The van der Waals surface area contributed by atoms with Gasteiger partial charge in [-0.3, -0.25) is 0 Å². The molecule has 0 aromatic heterocycles. The highest BCUT2D eigenvalue weighted by Crippen LogP contribution is 2.19. The van der Waals surface area contributed by atoms with E-state index in [1.54, 1.807) is 0 Å². The van der Waals surface area contributed by atoms with E-state index >= 15 is 0 Å². The first-order valence-corrected chi connectivity index (χ1v) is 7.09. The van der Waals surface area contributed by atoms with Gasteiger partial charge >= 0.3 is 0 Å². The summed E-state index contributed by atoms with van der Waals surface area (Å²) in [5, 5.41) is 0. The van der Waals surface area contributed by atoms with Gasteiger partial charge < -0.3 is 10.6 Å². The molecule has 1 aromatic carbocycles. The van der Waals surface area contributed by atoms with Gasteiger partial charge in [0, 0.05) is 24.5 Å². The predicted octanol–water partition coefficient (Wildman–Crippen LogP) is 4.17. The molecule has 0 unspecified atom stereocenters. The van der Waals surface area contributed by atoms with Crippen LogP contribution < -0.4 is 10.6 Å². The smallest absolute Gasteiger partial charge is 0.0367 e. The summed E-state index contributed by atoms with van der Waals surface area (Å²) in [6.07, 6.45) is 2.48. The molecule has 0 fully saturated rings. The van der Waals surface area contributed by atoms with E-state index in [2.05, 4.69) is 44.7 Å². The molecule has 1 aromatic rings. The standard InChI is InChI=1S/C16H28N2/c1-13(2)9-11-18(12-10-14(3)4)16-7-5-15(17)6-8-16/h5-8,13-14H,9-12,17H2,1-4H3. The van der Waals surface area contributed by atoms with Gasteiger partial charge in [-0.15, -0.1) is 0 Å². The number of benzene rings is 1. The van der Waals surface area contributed by atoms with Gasteiger partial charge in [0.15, 0.2) is 0 Å². The molecule has 2 nitrogen and oxygen atoms in total. The first-order valence-electron chi connectivity index (χ1n) is 7.09. The maximum Gasteiger partial charge on any atom is 0.0367 e. The summed E-state index contributed by atoms with van der Waals surface area (Å²) >= 11 is 0. The minimum absolute atomic E-state index is 0.750. The van der Waals surface area contributed by atoms with Gasteiger partial charge in [0.2, 0.25) is 0 Å². The molecule has 0 spiro atoms. The van der Waals surface area contributed by atoms with Gasteiger partial charge in [-0.1, -0.05) is 27.7 Å². The number of rotatable bonds is 7. The number of nitrogen functional groups attached to an aromatic ring is 1. The van der Waals surface area contributed by atoms with Crippen LogP contribution in [0.4, 0.5) is 11.4 Å². The third-order valence-corrected chi connectivity index (χ3v) is 3.21. The van der Waals surface area contributed by atoms with Crippen molar-refractivity contribution in [3.05, 3.63) is 24.3 Å². The number of nitrogens with zero attached hydrogens (tertiary/aromatic N) is 1. The first-order chi connectivity index (χ1) is 8.49. The van der Waals surface area contributed by atoms with Crippen molar-refractivity contribution in [1.29, 1.82) is 0 Å². The highest BCUT2D eigenvalue weighted by atomic mass is 15.1. The van der Waals surface area contributed by atoms with E-state index in [9.17, 15) is 0 Å². The van der Waals surface area contributed by atoms with Gasteiger partial charge in [0.05, 0.1) is 0 Å². The van der Waals surface area contributed by atoms with E-state index in [4.69, 9.17) is 5.73 Å². The van der Waals surface area contributed by atoms with Crippen LogP contribution in [0.1, 0.15) is 40.5 Å². The number of hydrogen-bond donors (Lipinski definition) is 1. The molecule has 0 saturated carbocycles. The summed E-state index contributed by atoms with van der Waals surface area (Å²) in [5.41, 5.74) is 7.89. The Bertz CT molecular complexity index is 315. The van der Waals surface area contributed by atoms with E-state index in [-0.39, 0.29) is 0 Å². The maximum atomic E-state index is 5.75. The summed E-state index contributed by atoms with van der Waals surface area (Å²) in [5.74, 6) is 1.50. The highest BCUT2D eigenvalue weighted by molar-refractivity contribution is 5.53. The molecule has 0 aliphatic heterocycles. The predicted molar refractivity (Wildman–Crippen MR) is 82.0 cm³/mol. The van der Waals surface area contributed by atoms with Crippen molar-refractivity contribution in [3.63, 3.8) is 0 Å². The van der Waals surface area contributed by atoms with Crippen LogP contribution in [0.2, 0.25) is 0 Å². The van der Waals surface area contributed by atoms with Crippen molar-refractivity contribution in [2.24, 2.45) is 11.8 Å². The molecule has 0 amide bonds. The number of hydrogen-bond acceptors (Lipinski definition) is 2. The second-order valence-corrected chi connectivity index (χ2v) is 5.94. The molecular formula is C16H28N2. The van der Waals surface area contributed by atoms with Gasteiger partial charge in [-0.05, 0) is 48.9 Å². The van der Waals surface area contributed by atoms with E-state index in [0.29, 0.717) is 0 Å². The van der Waals surface area contributed by atoms with Crippen LogP contribution in [-0.2, 0) is 0 Å². The van der Waals surface area contributed by atoms with Crippen LogP contribution in [0.25, 0.3) is 0 Å². The minimum atomic E-state index is 0.750. The SMILES string of the molecule is CC(C)CCN(CCC(C)C)c1ccc(N)cc1. The Morgan fingerprint density at radius 2 is 1.33 bits per heavy atom. The molecule has 2 heteroatoms. The third kappa shape index (κ3) is 5.44. The van der Waals surface area contributed by atoms with E-state index in [1.807, 2.05) is 12.1 Å². The Morgan fingerprint density at radius 3 is 1.72 bits per heavy atom. The summed E-state index contributed by atoms with van der Waals surface area (Å²) < 4.78 is 0. The lowest BCUT2D eigenvalue weighted by molar-refractivity contribution is 0.535.